The fraction of sp³-hybridized carbons (Fsp3) is 0.300. The lowest BCUT2D eigenvalue weighted by Gasteiger charge is -2.11. The van der Waals surface area contributed by atoms with Crippen molar-refractivity contribution in [3.05, 3.63) is 28.2 Å². The van der Waals surface area contributed by atoms with Crippen LogP contribution in [0.3, 0.4) is 0 Å². The number of ether oxygens (including phenoxy) is 1. The van der Waals surface area contributed by atoms with Crippen molar-refractivity contribution in [2.45, 2.75) is 13.0 Å². The SMILES string of the molecule is Cc1cc(Br)ccc1OCC(N)C(=O)O. The highest BCUT2D eigenvalue weighted by atomic mass is 79.9. The Morgan fingerprint density at radius 3 is 2.87 bits per heavy atom. The van der Waals surface area contributed by atoms with E-state index in [0.717, 1.165) is 10.0 Å². The monoisotopic (exact) mass is 273 g/mol. The summed E-state index contributed by atoms with van der Waals surface area (Å²) < 4.78 is 6.24. The third kappa shape index (κ3) is 3.53. The minimum Gasteiger partial charge on any atom is -0.491 e. The van der Waals surface area contributed by atoms with E-state index in [1.165, 1.54) is 0 Å². The molecule has 1 rings (SSSR count). The summed E-state index contributed by atoms with van der Waals surface area (Å²) in [6.07, 6.45) is 0. The van der Waals surface area contributed by atoms with Crippen LogP contribution in [0.5, 0.6) is 5.75 Å². The van der Waals surface area contributed by atoms with E-state index in [1.807, 2.05) is 19.1 Å². The molecule has 0 saturated heterocycles. The van der Waals surface area contributed by atoms with E-state index in [9.17, 15) is 4.79 Å². The predicted molar refractivity (Wildman–Crippen MR) is 60.0 cm³/mol. The molecule has 0 fully saturated rings. The number of nitrogens with two attached hydrogens (primary N) is 1. The molecule has 82 valence electrons. The maximum absolute atomic E-state index is 10.4. The van der Waals surface area contributed by atoms with Crippen molar-refractivity contribution in [3.8, 4) is 5.75 Å². The van der Waals surface area contributed by atoms with E-state index < -0.39 is 12.0 Å². The highest BCUT2D eigenvalue weighted by molar-refractivity contribution is 9.10. The fourth-order valence-corrected chi connectivity index (χ4v) is 1.50. The molecule has 0 aromatic heterocycles. The van der Waals surface area contributed by atoms with Crippen LogP contribution in [0, 0.1) is 6.92 Å². The fourth-order valence-electron chi connectivity index (χ4n) is 1.03. The van der Waals surface area contributed by atoms with Crippen LogP contribution < -0.4 is 10.5 Å². The zero-order valence-corrected chi connectivity index (χ0v) is 9.82. The van der Waals surface area contributed by atoms with Gasteiger partial charge < -0.3 is 15.6 Å². The van der Waals surface area contributed by atoms with Crippen LogP contribution in [0.2, 0.25) is 0 Å². The molecule has 1 atom stereocenters. The lowest BCUT2D eigenvalue weighted by Crippen LogP contribution is -2.36. The number of hydrogen-bond donors (Lipinski definition) is 2. The Morgan fingerprint density at radius 1 is 1.67 bits per heavy atom. The molecule has 0 saturated carbocycles. The average molecular weight is 274 g/mol. The van der Waals surface area contributed by atoms with E-state index >= 15 is 0 Å². The summed E-state index contributed by atoms with van der Waals surface area (Å²) in [5, 5.41) is 8.56. The first-order chi connectivity index (χ1) is 7.00. The van der Waals surface area contributed by atoms with Crippen molar-refractivity contribution >= 4 is 21.9 Å². The van der Waals surface area contributed by atoms with Gasteiger partial charge in [0.05, 0.1) is 0 Å². The molecule has 0 aliphatic rings. The Kier molecular flexibility index (Phi) is 4.11. The zero-order valence-electron chi connectivity index (χ0n) is 8.24. The molecule has 0 aliphatic carbocycles. The first-order valence-electron chi connectivity index (χ1n) is 4.38. The van der Waals surface area contributed by atoms with Gasteiger partial charge in [-0.3, -0.25) is 4.79 Å². The summed E-state index contributed by atoms with van der Waals surface area (Å²) in [6, 6.07) is 4.50. The van der Waals surface area contributed by atoms with Gasteiger partial charge in [0.1, 0.15) is 18.4 Å². The van der Waals surface area contributed by atoms with Gasteiger partial charge in [-0.2, -0.15) is 0 Å². The van der Waals surface area contributed by atoms with Gasteiger partial charge in [0, 0.05) is 4.47 Å². The third-order valence-electron chi connectivity index (χ3n) is 1.87. The van der Waals surface area contributed by atoms with Crippen LogP contribution in [-0.2, 0) is 4.79 Å². The summed E-state index contributed by atoms with van der Waals surface area (Å²) in [6.45, 7) is 1.85. The van der Waals surface area contributed by atoms with Crippen LogP contribution in [0.25, 0.3) is 0 Å². The molecule has 15 heavy (non-hydrogen) atoms. The molecule has 0 spiro atoms. The van der Waals surface area contributed by atoms with Crippen molar-refractivity contribution in [3.63, 3.8) is 0 Å². The van der Waals surface area contributed by atoms with Crippen molar-refractivity contribution < 1.29 is 14.6 Å². The molecule has 4 nitrogen and oxygen atoms in total. The molecule has 5 heteroatoms. The lowest BCUT2D eigenvalue weighted by molar-refractivity contribution is -0.139. The zero-order chi connectivity index (χ0) is 11.4. The molecule has 1 aromatic carbocycles. The topological polar surface area (TPSA) is 72.5 Å². The van der Waals surface area contributed by atoms with Gasteiger partial charge in [0.15, 0.2) is 0 Å². The lowest BCUT2D eigenvalue weighted by atomic mass is 10.2. The number of halogens is 1. The summed E-state index contributed by atoms with van der Waals surface area (Å²) in [7, 11) is 0. The van der Waals surface area contributed by atoms with Gasteiger partial charge in [-0.1, -0.05) is 15.9 Å². The van der Waals surface area contributed by atoms with Crippen molar-refractivity contribution in [1.82, 2.24) is 0 Å². The van der Waals surface area contributed by atoms with E-state index in [0.29, 0.717) is 5.75 Å². The van der Waals surface area contributed by atoms with Gasteiger partial charge >= 0.3 is 5.97 Å². The minimum atomic E-state index is -1.07. The van der Waals surface area contributed by atoms with Crippen LogP contribution in [0.4, 0.5) is 0 Å². The smallest absolute Gasteiger partial charge is 0.324 e. The van der Waals surface area contributed by atoms with E-state index in [-0.39, 0.29) is 6.61 Å². The van der Waals surface area contributed by atoms with E-state index in [4.69, 9.17) is 15.6 Å². The molecule has 0 radical (unpaired) electrons. The number of aliphatic carboxylic acids is 1. The molecular weight excluding hydrogens is 262 g/mol. The third-order valence-corrected chi connectivity index (χ3v) is 2.37. The van der Waals surface area contributed by atoms with Gasteiger partial charge in [0.25, 0.3) is 0 Å². The van der Waals surface area contributed by atoms with Crippen LogP contribution in [0.15, 0.2) is 22.7 Å². The summed E-state index contributed by atoms with van der Waals surface area (Å²) in [5.41, 5.74) is 6.24. The van der Waals surface area contributed by atoms with Crippen LogP contribution in [0.1, 0.15) is 5.56 Å². The Morgan fingerprint density at radius 2 is 2.33 bits per heavy atom. The predicted octanol–water partition coefficient (Wildman–Crippen LogP) is 1.55. The standard InChI is InChI=1S/C10H12BrNO3/c1-6-4-7(11)2-3-9(6)15-5-8(12)10(13)14/h2-4,8H,5,12H2,1H3,(H,13,14). The first-order valence-corrected chi connectivity index (χ1v) is 5.17. The Labute approximate surface area is 96.2 Å². The second-order valence-electron chi connectivity index (χ2n) is 3.17. The average Bonchev–Trinajstić information content (AvgIpc) is 2.15. The van der Waals surface area contributed by atoms with Gasteiger partial charge in [0.2, 0.25) is 0 Å². The Balaban J connectivity index is 2.62. The van der Waals surface area contributed by atoms with Crippen molar-refractivity contribution in [2.24, 2.45) is 5.73 Å². The molecule has 3 N–H and O–H groups in total. The number of carboxylic acid groups (broad SMARTS) is 1. The molecular formula is C10H12BrNO3. The quantitative estimate of drug-likeness (QED) is 0.873. The largest absolute Gasteiger partial charge is 0.491 e. The molecule has 0 amide bonds. The molecule has 1 aromatic rings. The highest BCUT2D eigenvalue weighted by Crippen LogP contribution is 2.22. The number of aryl methyl sites for hydroxylation is 1. The Bertz CT molecular complexity index is 368. The second-order valence-corrected chi connectivity index (χ2v) is 4.08. The van der Waals surface area contributed by atoms with E-state index in [2.05, 4.69) is 15.9 Å². The molecule has 0 heterocycles. The summed E-state index contributed by atoms with van der Waals surface area (Å²) in [4.78, 5) is 10.4. The first kappa shape index (κ1) is 12.0. The summed E-state index contributed by atoms with van der Waals surface area (Å²) in [5.74, 6) is -0.417. The van der Waals surface area contributed by atoms with Gasteiger partial charge in [-0.25, -0.2) is 0 Å². The molecule has 0 bridgehead atoms. The van der Waals surface area contributed by atoms with E-state index in [1.54, 1.807) is 6.07 Å². The minimum absolute atomic E-state index is 0.0300. The van der Waals surface area contributed by atoms with Crippen molar-refractivity contribution in [2.75, 3.05) is 6.61 Å². The number of rotatable bonds is 4. The normalized spacial score (nSPS) is 12.2. The van der Waals surface area contributed by atoms with Gasteiger partial charge in [-0.05, 0) is 30.7 Å². The molecule has 0 aliphatic heterocycles. The van der Waals surface area contributed by atoms with Crippen LogP contribution in [-0.4, -0.2) is 23.7 Å². The number of carboxylic acids is 1. The molecule has 1 unspecified atom stereocenters. The number of benzene rings is 1. The highest BCUT2D eigenvalue weighted by Gasteiger charge is 2.12. The number of hydrogen-bond acceptors (Lipinski definition) is 3. The van der Waals surface area contributed by atoms with Crippen LogP contribution >= 0.6 is 15.9 Å². The maximum Gasteiger partial charge on any atom is 0.324 e. The maximum atomic E-state index is 10.4. The summed E-state index contributed by atoms with van der Waals surface area (Å²) >= 11 is 3.33. The second kappa shape index (κ2) is 5.14. The van der Waals surface area contributed by atoms with Gasteiger partial charge in [-0.15, -0.1) is 0 Å². The number of carbonyl (C=O) groups is 1. The van der Waals surface area contributed by atoms with Crippen molar-refractivity contribution in [1.29, 1.82) is 0 Å². The Hall–Kier alpha value is -1.07.